The molecule has 10 nitrogen and oxygen atoms in total. The van der Waals surface area contributed by atoms with Gasteiger partial charge in [-0.1, -0.05) is 41.5 Å². The van der Waals surface area contributed by atoms with Gasteiger partial charge in [-0.15, -0.1) is 0 Å². The number of carbonyl (C=O) groups excluding carboxylic acids is 3. The monoisotopic (exact) mass is 430 g/mol. The second-order valence-corrected chi connectivity index (χ2v) is 8.74. The Bertz CT molecular complexity index is 594. The minimum atomic E-state index is -1.35. The predicted molar refractivity (Wildman–Crippen MR) is 112 cm³/mol. The number of aliphatic hydroxyl groups is 1. The van der Waals surface area contributed by atoms with Crippen molar-refractivity contribution in [1.82, 2.24) is 16.0 Å². The molecule has 0 heterocycles. The van der Waals surface area contributed by atoms with E-state index in [4.69, 9.17) is 5.73 Å². The molecule has 0 aromatic rings. The summed E-state index contributed by atoms with van der Waals surface area (Å²) in [6.45, 7) is 10.1. The van der Waals surface area contributed by atoms with Gasteiger partial charge in [0.1, 0.15) is 18.1 Å². The van der Waals surface area contributed by atoms with E-state index in [0.717, 1.165) is 0 Å². The van der Waals surface area contributed by atoms with E-state index < -0.39 is 60.4 Å². The molecule has 0 saturated heterocycles. The Morgan fingerprint density at radius 2 is 1.23 bits per heavy atom. The summed E-state index contributed by atoms with van der Waals surface area (Å²) in [4.78, 5) is 48.7. The SMILES string of the molecule is CC(C)CC(N)C(=O)NC(CC(C)C)C(=O)NC(CO)C(=O)NC(C(=O)O)C(C)C. The molecule has 0 radical (unpaired) electrons. The maximum Gasteiger partial charge on any atom is 0.326 e. The van der Waals surface area contributed by atoms with Gasteiger partial charge in [-0.25, -0.2) is 4.79 Å². The molecule has 0 rings (SSSR count). The summed E-state index contributed by atoms with van der Waals surface area (Å²) < 4.78 is 0. The normalized spacial score (nSPS) is 15.4. The van der Waals surface area contributed by atoms with Gasteiger partial charge in [-0.3, -0.25) is 14.4 Å². The Morgan fingerprint density at radius 3 is 1.63 bits per heavy atom. The highest BCUT2D eigenvalue weighted by Gasteiger charge is 2.31. The third-order valence-electron chi connectivity index (χ3n) is 4.45. The molecule has 0 aliphatic heterocycles. The van der Waals surface area contributed by atoms with E-state index in [1.807, 2.05) is 27.7 Å². The highest BCUT2D eigenvalue weighted by atomic mass is 16.4. The Morgan fingerprint density at radius 1 is 0.767 bits per heavy atom. The van der Waals surface area contributed by atoms with Crippen LogP contribution in [0.2, 0.25) is 0 Å². The second-order valence-electron chi connectivity index (χ2n) is 8.74. The zero-order valence-electron chi connectivity index (χ0n) is 18.8. The number of carboxylic acid groups (broad SMARTS) is 1. The molecule has 174 valence electrons. The first-order valence-electron chi connectivity index (χ1n) is 10.3. The summed E-state index contributed by atoms with van der Waals surface area (Å²) in [5, 5.41) is 26.1. The molecule has 0 spiro atoms. The molecule has 0 bridgehead atoms. The first kappa shape index (κ1) is 27.8. The fraction of sp³-hybridized carbons (Fsp3) is 0.800. The molecule has 0 aliphatic carbocycles. The smallest absolute Gasteiger partial charge is 0.326 e. The minimum Gasteiger partial charge on any atom is -0.480 e. The molecule has 4 atom stereocenters. The number of carbonyl (C=O) groups is 4. The van der Waals surface area contributed by atoms with Gasteiger partial charge in [0.2, 0.25) is 17.7 Å². The molecule has 10 heteroatoms. The van der Waals surface area contributed by atoms with Gasteiger partial charge in [-0.05, 0) is 30.6 Å². The molecular formula is C20H38N4O6. The number of amides is 3. The van der Waals surface area contributed by atoms with E-state index in [2.05, 4.69) is 16.0 Å². The van der Waals surface area contributed by atoms with Crippen LogP contribution in [0.4, 0.5) is 0 Å². The molecule has 4 unspecified atom stereocenters. The summed E-state index contributed by atoms with van der Waals surface area (Å²) in [5.74, 6) is -3.30. The lowest BCUT2D eigenvalue weighted by Crippen LogP contribution is -2.58. The van der Waals surface area contributed by atoms with E-state index in [1.165, 1.54) is 0 Å². The number of hydrogen-bond acceptors (Lipinski definition) is 6. The summed E-state index contributed by atoms with van der Waals surface area (Å²) in [6, 6.07) is -4.23. The zero-order valence-corrected chi connectivity index (χ0v) is 18.8. The molecule has 0 fully saturated rings. The van der Waals surface area contributed by atoms with Crippen LogP contribution in [-0.2, 0) is 19.2 Å². The Hall–Kier alpha value is -2.20. The molecule has 7 N–H and O–H groups in total. The van der Waals surface area contributed by atoms with Crippen molar-refractivity contribution in [3.63, 3.8) is 0 Å². The highest BCUT2D eigenvalue weighted by Crippen LogP contribution is 2.08. The van der Waals surface area contributed by atoms with Crippen LogP contribution in [0.25, 0.3) is 0 Å². The predicted octanol–water partition coefficient (Wildman–Crippen LogP) is -0.407. The van der Waals surface area contributed by atoms with Crippen LogP contribution in [0.3, 0.4) is 0 Å². The number of rotatable bonds is 13. The first-order valence-corrected chi connectivity index (χ1v) is 10.3. The number of nitrogens with one attached hydrogen (secondary N) is 3. The summed E-state index contributed by atoms with van der Waals surface area (Å²) in [5.41, 5.74) is 5.88. The van der Waals surface area contributed by atoms with Crippen molar-refractivity contribution in [1.29, 1.82) is 0 Å². The maximum absolute atomic E-state index is 12.7. The fourth-order valence-electron chi connectivity index (χ4n) is 2.83. The number of aliphatic hydroxyl groups excluding tert-OH is 1. The van der Waals surface area contributed by atoms with Crippen LogP contribution in [0.15, 0.2) is 0 Å². The standard InChI is InChI=1S/C20H38N4O6/c1-10(2)7-13(21)17(26)22-14(8-11(3)4)18(27)23-15(9-25)19(28)24-16(12(5)6)20(29)30/h10-16,25H,7-9,21H2,1-6H3,(H,22,26)(H,23,27)(H,24,28)(H,29,30). The van der Waals surface area contributed by atoms with E-state index >= 15 is 0 Å². The molecule has 0 aromatic carbocycles. The molecule has 0 saturated carbocycles. The highest BCUT2D eigenvalue weighted by molar-refractivity contribution is 5.94. The first-order chi connectivity index (χ1) is 13.8. The van der Waals surface area contributed by atoms with Crippen molar-refractivity contribution in [2.24, 2.45) is 23.5 Å². The van der Waals surface area contributed by atoms with Gasteiger partial charge in [0.25, 0.3) is 0 Å². The van der Waals surface area contributed by atoms with Gasteiger partial charge in [0.05, 0.1) is 12.6 Å². The average molecular weight is 431 g/mol. The van der Waals surface area contributed by atoms with Crippen molar-refractivity contribution >= 4 is 23.7 Å². The second kappa shape index (κ2) is 13.2. The fourth-order valence-corrected chi connectivity index (χ4v) is 2.83. The number of aliphatic carboxylic acids is 1. The van der Waals surface area contributed by atoms with Crippen molar-refractivity contribution in [2.45, 2.75) is 78.6 Å². The summed E-state index contributed by atoms with van der Waals surface area (Å²) >= 11 is 0. The van der Waals surface area contributed by atoms with Crippen molar-refractivity contribution in [3.05, 3.63) is 0 Å². The molecule has 0 aromatic heterocycles. The third kappa shape index (κ3) is 10.0. The van der Waals surface area contributed by atoms with Gasteiger partial charge in [-0.2, -0.15) is 0 Å². The van der Waals surface area contributed by atoms with Crippen molar-refractivity contribution in [2.75, 3.05) is 6.61 Å². The topological polar surface area (TPSA) is 171 Å². The van der Waals surface area contributed by atoms with Crippen LogP contribution < -0.4 is 21.7 Å². The van der Waals surface area contributed by atoms with Crippen LogP contribution in [-0.4, -0.2) is 64.7 Å². The average Bonchev–Trinajstić information content (AvgIpc) is 2.61. The van der Waals surface area contributed by atoms with Gasteiger partial charge in [0, 0.05) is 0 Å². The van der Waals surface area contributed by atoms with E-state index in [0.29, 0.717) is 12.8 Å². The Balaban J connectivity index is 5.23. The van der Waals surface area contributed by atoms with E-state index in [1.54, 1.807) is 13.8 Å². The van der Waals surface area contributed by atoms with Crippen LogP contribution in [0, 0.1) is 17.8 Å². The lowest BCUT2D eigenvalue weighted by Gasteiger charge is -2.26. The van der Waals surface area contributed by atoms with Crippen molar-refractivity contribution < 1.29 is 29.4 Å². The van der Waals surface area contributed by atoms with E-state index in [-0.39, 0.29) is 11.8 Å². The van der Waals surface area contributed by atoms with Crippen LogP contribution in [0.1, 0.15) is 54.4 Å². The van der Waals surface area contributed by atoms with Crippen LogP contribution >= 0.6 is 0 Å². The third-order valence-corrected chi connectivity index (χ3v) is 4.45. The van der Waals surface area contributed by atoms with Gasteiger partial charge >= 0.3 is 5.97 Å². The van der Waals surface area contributed by atoms with Gasteiger partial charge < -0.3 is 31.9 Å². The van der Waals surface area contributed by atoms with E-state index in [9.17, 15) is 29.4 Å². The summed E-state index contributed by atoms with van der Waals surface area (Å²) in [6.07, 6.45) is 0.755. The van der Waals surface area contributed by atoms with Crippen LogP contribution in [0.5, 0.6) is 0 Å². The Kier molecular flexibility index (Phi) is 12.2. The lowest BCUT2D eigenvalue weighted by atomic mass is 10.00. The number of hydrogen-bond donors (Lipinski definition) is 6. The van der Waals surface area contributed by atoms with Crippen molar-refractivity contribution in [3.8, 4) is 0 Å². The number of carboxylic acids is 1. The quantitative estimate of drug-likeness (QED) is 0.231. The molecular weight excluding hydrogens is 392 g/mol. The number of nitrogens with two attached hydrogens (primary N) is 1. The summed E-state index contributed by atoms with van der Waals surface area (Å²) in [7, 11) is 0. The minimum absolute atomic E-state index is 0.0566. The zero-order chi connectivity index (χ0) is 23.6. The largest absolute Gasteiger partial charge is 0.480 e. The lowest BCUT2D eigenvalue weighted by molar-refractivity contribution is -0.143. The molecule has 30 heavy (non-hydrogen) atoms. The maximum atomic E-state index is 12.7. The molecule has 0 aliphatic rings. The van der Waals surface area contributed by atoms with Gasteiger partial charge in [0.15, 0.2) is 0 Å². The molecule has 3 amide bonds. The Labute approximate surface area is 178 Å².